The van der Waals surface area contributed by atoms with Crippen LogP contribution in [0.4, 0.5) is 10.5 Å². The molecule has 1 fully saturated rings. The van der Waals surface area contributed by atoms with Crippen LogP contribution in [0.3, 0.4) is 0 Å². The summed E-state index contributed by atoms with van der Waals surface area (Å²) in [5.74, 6) is 0.707. The van der Waals surface area contributed by atoms with E-state index in [1.54, 1.807) is 11.4 Å². The summed E-state index contributed by atoms with van der Waals surface area (Å²) in [5.41, 5.74) is 4.74. The van der Waals surface area contributed by atoms with Crippen LogP contribution in [-0.4, -0.2) is 74.5 Å². The molecule has 3 rings (SSSR count). The minimum atomic E-state index is -3.65. The first-order valence-electron chi connectivity index (χ1n) is 12.9. The number of aryl methyl sites for hydroxylation is 3. The zero-order chi connectivity index (χ0) is 27.3. The number of urea groups is 1. The number of rotatable bonds is 9. The number of ether oxygens (including phenoxy) is 1. The number of hydrogen-bond acceptors (Lipinski definition) is 6. The van der Waals surface area contributed by atoms with Gasteiger partial charge in [0.15, 0.2) is 0 Å². The van der Waals surface area contributed by atoms with Gasteiger partial charge in [-0.25, -0.2) is 13.2 Å². The van der Waals surface area contributed by atoms with Gasteiger partial charge in [-0.15, -0.1) is 0 Å². The van der Waals surface area contributed by atoms with E-state index in [1.807, 2.05) is 59.7 Å². The molecule has 0 atom stereocenters. The third kappa shape index (κ3) is 6.80. The molecule has 1 aliphatic rings. The van der Waals surface area contributed by atoms with E-state index in [2.05, 4.69) is 20.5 Å². The minimum absolute atomic E-state index is 0.0538. The van der Waals surface area contributed by atoms with Gasteiger partial charge in [0.25, 0.3) is 0 Å². The fraction of sp³-hybridized carbons (Fsp3) is 0.556. The minimum Gasteiger partial charge on any atom is -0.496 e. The molecule has 2 amide bonds. The quantitative estimate of drug-likeness (QED) is 0.508. The van der Waals surface area contributed by atoms with E-state index in [9.17, 15) is 13.2 Å². The predicted octanol–water partition coefficient (Wildman–Crippen LogP) is 3.93. The van der Waals surface area contributed by atoms with Crippen LogP contribution in [-0.2, 0) is 10.0 Å². The lowest BCUT2D eigenvalue weighted by Crippen LogP contribution is -2.48. The number of piperidine rings is 1. The van der Waals surface area contributed by atoms with Crippen molar-refractivity contribution >= 4 is 21.7 Å². The van der Waals surface area contributed by atoms with Gasteiger partial charge in [-0.1, -0.05) is 6.92 Å². The number of sulfonamides is 1. The van der Waals surface area contributed by atoms with Crippen molar-refractivity contribution in [2.75, 3.05) is 45.2 Å². The van der Waals surface area contributed by atoms with Crippen LogP contribution in [0.15, 0.2) is 23.1 Å². The molecule has 2 heterocycles. The third-order valence-electron chi connectivity index (χ3n) is 7.09. The number of hydrogen-bond donors (Lipinski definition) is 2. The van der Waals surface area contributed by atoms with Crippen LogP contribution < -0.4 is 15.4 Å². The van der Waals surface area contributed by atoms with Gasteiger partial charge < -0.3 is 20.3 Å². The summed E-state index contributed by atoms with van der Waals surface area (Å²) in [5, 5.41) is 5.76. The Kier molecular flexibility index (Phi) is 9.55. The predicted molar refractivity (Wildman–Crippen MR) is 147 cm³/mol. The number of nitrogens with one attached hydrogen (secondary N) is 2. The number of carbonyl (C=O) groups excluding carboxylic acids is 1. The van der Waals surface area contributed by atoms with Crippen LogP contribution in [0.5, 0.6) is 5.75 Å². The van der Waals surface area contributed by atoms with Crippen molar-refractivity contribution < 1.29 is 17.9 Å². The molecule has 1 aliphatic heterocycles. The second-order valence-corrected chi connectivity index (χ2v) is 11.6. The van der Waals surface area contributed by atoms with Crippen molar-refractivity contribution in [2.24, 2.45) is 0 Å². The monoisotopic (exact) mass is 531 g/mol. The average Bonchev–Trinajstić information content (AvgIpc) is 2.82. The van der Waals surface area contributed by atoms with Gasteiger partial charge in [0, 0.05) is 42.8 Å². The van der Waals surface area contributed by atoms with Crippen LogP contribution in [0.2, 0.25) is 0 Å². The first-order valence-corrected chi connectivity index (χ1v) is 14.3. The van der Waals surface area contributed by atoms with E-state index >= 15 is 0 Å². The second kappa shape index (κ2) is 12.2. The van der Waals surface area contributed by atoms with Crippen molar-refractivity contribution in [1.82, 2.24) is 19.5 Å². The van der Waals surface area contributed by atoms with Crippen LogP contribution in [0, 0.1) is 34.6 Å². The Hall–Kier alpha value is -2.69. The van der Waals surface area contributed by atoms with Gasteiger partial charge in [-0.05, 0) is 95.4 Å². The van der Waals surface area contributed by atoms with Crippen LogP contribution in [0.1, 0.15) is 47.8 Å². The largest absolute Gasteiger partial charge is 0.496 e. The van der Waals surface area contributed by atoms with E-state index < -0.39 is 10.0 Å². The Morgan fingerprint density at radius 1 is 1.08 bits per heavy atom. The van der Waals surface area contributed by atoms with Crippen molar-refractivity contribution in [3.05, 3.63) is 46.3 Å². The molecule has 2 N–H and O–H groups in total. The van der Waals surface area contributed by atoms with E-state index in [4.69, 9.17) is 4.74 Å². The lowest BCUT2D eigenvalue weighted by atomic mass is 10.1. The number of likely N-dealkylation sites (tertiary alicyclic amines) is 1. The topological polar surface area (TPSA) is 104 Å². The fourth-order valence-corrected chi connectivity index (χ4v) is 7.40. The number of amides is 2. The zero-order valence-electron chi connectivity index (χ0n) is 23.1. The normalized spacial score (nSPS) is 15.1. The molecule has 0 bridgehead atoms. The molecule has 0 spiro atoms. The molecule has 0 aliphatic carbocycles. The van der Waals surface area contributed by atoms with E-state index in [0.717, 1.165) is 54.1 Å². The first kappa shape index (κ1) is 28.9. The molecule has 1 saturated heterocycles. The molecule has 2 aromatic rings. The van der Waals surface area contributed by atoms with Crippen molar-refractivity contribution in [3.63, 3.8) is 0 Å². The zero-order valence-corrected chi connectivity index (χ0v) is 24.0. The van der Waals surface area contributed by atoms with Crippen LogP contribution >= 0.6 is 0 Å². The number of methoxy groups -OCH3 is 1. The highest BCUT2D eigenvalue weighted by Gasteiger charge is 2.35. The maximum Gasteiger partial charge on any atom is 0.319 e. The lowest BCUT2D eigenvalue weighted by molar-refractivity contribution is 0.162. The molecule has 37 heavy (non-hydrogen) atoms. The summed E-state index contributed by atoms with van der Waals surface area (Å²) in [6.07, 6.45) is 1.50. The number of pyridine rings is 1. The standard InChI is InChI=1S/C27H41N5O4S/c1-8-32(37(34,35)26-18(2)15-25(36-7)21(5)22(26)6)24-9-12-31(13-10-24)14-11-28-27(33)30-23-16-19(3)29-20(4)17-23/h15-17,24H,8-14H2,1-7H3,(H2,28,29,30,33). The number of aromatic nitrogens is 1. The van der Waals surface area contributed by atoms with Gasteiger partial charge in [0.1, 0.15) is 5.75 Å². The molecule has 0 radical (unpaired) electrons. The van der Waals surface area contributed by atoms with Gasteiger partial charge >= 0.3 is 6.03 Å². The summed E-state index contributed by atoms with van der Waals surface area (Å²) in [6, 6.07) is 5.18. The summed E-state index contributed by atoms with van der Waals surface area (Å²) >= 11 is 0. The highest BCUT2D eigenvalue weighted by Crippen LogP contribution is 2.34. The fourth-order valence-electron chi connectivity index (χ4n) is 5.21. The van der Waals surface area contributed by atoms with E-state index in [-0.39, 0.29) is 12.1 Å². The second-order valence-electron chi connectivity index (χ2n) is 9.78. The van der Waals surface area contributed by atoms with Gasteiger partial charge in [-0.3, -0.25) is 4.98 Å². The van der Waals surface area contributed by atoms with Gasteiger partial charge in [0.2, 0.25) is 10.0 Å². The molecule has 204 valence electrons. The molecule has 0 unspecified atom stereocenters. The van der Waals surface area contributed by atoms with Crippen molar-refractivity contribution in [1.29, 1.82) is 0 Å². The highest BCUT2D eigenvalue weighted by atomic mass is 32.2. The summed E-state index contributed by atoms with van der Waals surface area (Å²) in [6.45, 7) is 14.5. The third-order valence-corrected chi connectivity index (χ3v) is 9.41. The maximum atomic E-state index is 13.8. The summed E-state index contributed by atoms with van der Waals surface area (Å²) in [7, 11) is -2.05. The van der Waals surface area contributed by atoms with Gasteiger partial charge in [0.05, 0.1) is 12.0 Å². The Labute approximate surface area is 221 Å². The molecule has 0 saturated carbocycles. The molecule has 1 aromatic carbocycles. The molecular formula is C27H41N5O4S. The Morgan fingerprint density at radius 2 is 1.70 bits per heavy atom. The smallest absolute Gasteiger partial charge is 0.319 e. The Morgan fingerprint density at radius 3 is 2.27 bits per heavy atom. The Bertz CT molecular complexity index is 1200. The SMILES string of the molecule is CCN(C1CCN(CCNC(=O)Nc2cc(C)nc(C)c2)CC1)S(=O)(=O)c1c(C)cc(OC)c(C)c1C. The average molecular weight is 532 g/mol. The van der Waals surface area contributed by atoms with E-state index in [0.29, 0.717) is 35.8 Å². The highest BCUT2D eigenvalue weighted by molar-refractivity contribution is 7.89. The van der Waals surface area contributed by atoms with Crippen molar-refractivity contribution in [3.8, 4) is 5.75 Å². The number of anilines is 1. The molecular weight excluding hydrogens is 490 g/mol. The Balaban J connectivity index is 1.56. The summed E-state index contributed by atoms with van der Waals surface area (Å²) < 4.78 is 34.7. The van der Waals surface area contributed by atoms with E-state index in [1.165, 1.54) is 0 Å². The molecule has 10 heteroatoms. The van der Waals surface area contributed by atoms with Crippen LogP contribution in [0.25, 0.3) is 0 Å². The number of nitrogens with zero attached hydrogens (tertiary/aromatic N) is 3. The molecule has 9 nitrogen and oxygen atoms in total. The maximum absolute atomic E-state index is 13.8. The molecule has 1 aromatic heterocycles. The number of carbonyl (C=O) groups is 1. The first-order chi connectivity index (χ1) is 17.5. The van der Waals surface area contributed by atoms with Gasteiger partial charge in [-0.2, -0.15) is 4.31 Å². The number of benzene rings is 1. The van der Waals surface area contributed by atoms with Crippen molar-refractivity contribution in [2.45, 2.75) is 65.3 Å². The summed E-state index contributed by atoms with van der Waals surface area (Å²) in [4.78, 5) is 19.3. The lowest BCUT2D eigenvalue weighted by Gasteiger charge is -2.38.